The highest BCUT2D eigenvalue weighted by Gasteiger charge is 2.54. The van der Waals surface area contributed by atoms with Crippen LogP contribution in [0.25, 0.3) is 0 Å². The molecule has 0 aromatic heterocycles. The van der Waals surface area contributed by atoms with Gasteiger partial charge >= 0.3 is 27.6 Å². The molecule has 1 rings (SSSR count). The van der Waals surface area contributed by atoms with E-state index in [0.717, 1.165) is 64.2 Å². The molecular weight excluding hydrogens is 898 g/mol. The normalized spacial score (nSPS) is 22.2. The molecule has 0 spiro atoms. The van der Waals surface area contributed by atoms with Crippen molar-refractivity contribution in [1.82, 2.24) is 0 Å². The van der Waals surface area contributed by atoms with Gasteiger partial charge in [0.15, 0.2) is 11.9 Å². The van der Waals surface area contributed by atoms with Gasteiger partial charge in [-0.05, 0) is 76.7 Å². The minimum Gasteiger partial charge on any atom is -0.462 e. The number of ketones is 1. The number of aliphatic hydroxyl groups excluding tert-OH is 4. The Labute approximate surface area is 390 Å². The van der Waals surface area contributed by atoms with E-state index >= 15 is 0 Å². The van der Waals surface area contributed by atoms with Crippen LogP contribution in [0.5, 0.6) is 0 Å². The summed E-state index contributed by atoms with van der Waals surface area (Å²) in [6.07, 6.45) is 26.9. The fraction of sp³-hybridized carbons (Fsp3) is 0.638. The molecule has 7 N–H and O–H groups in total. The molecule has 19 heteroatoms. The van der Waals surface area contributed by atoms with Gasteiger partial charge in [0.05, 0.1) is 6.61 Å². The third kappa shape index (κ3) is 31.0. The van der Waals surface area contributed by atoms with E-state index in [0.29, 0.717) is 12.8 Å². The number of unbranched alkanes of at least 4 members (excludes halogenated alkanes) is 8. The molecule has 1 saturated carbocycles. The van der Waals surface area contributed by atoms with Gasteiger partial charge in [0.2, 0.25) is 0 Å². The van der Waals surface area contributed by atoms with Gasteiger partial charge in [-0.15, -0.1) is 0 Å². The predicted octanol–water partition coefficient (Wildman–Crippen LogP) is 7.79. The van der Waals surface area contributed by atoms with E-state index < -0.39 is 83.5 Å². The fourth-order valence-corrected chi connectivity index (χ4v) is 7.88. The van der Waals surface area contributed by atoms with Crippen LogP contribution >= 0.6 is 15.6 Å². The first-order valence-corrected chi connectivity index (χ1v) is 26.1. The van der Waals surface area contributed by atoms with Crippen molar-refractivity contribution < 1.29 is 81.7 Å². The van der Waals surface area contributed by atoms with E-state index in [4.69, 9.17) is 28.3 Å². The van der Waals surface area contributed by atoms with Crippen LogP contribution in [0, 0.1) is 0 Å². The van der Waals surface area contributed by atoms with Gasteiger partial charge < -0.3 is 44.6 Å². The first kappa shape index (κ1) is 60.9. The van der Waals surface area contributed by atoms with Gasteiger partial charge in [-0.1, -0.05) is 125 Å². The van der Waals surface area contributed by atoms with E-state index in [1.54, 1.807) is 12.2 Å². The molecule has 0 bridgehead atoms. The minimum atomic E-state index is -5.39. The van der Waals surface area contributed by atoms with Gasteiger partial charge in [0.25, 0.3) is 0 Å². The van der Waals surface area contributed by atoms with Crippen molar-refractivity contribution in [3.8, 4) is 0 Å². The first-order chi connectivity index (χ1) is 31.5. The van der Waals surface area contributed by atoms with E-state index in [-0.39, 0.29) is 31.5 Å². The Morgan fingerprint density at radius 2 is 1.08 bits per heavy atom. The van der Waals surface area contributed by atoms with Crippen LogP contribution in [0.2, 0.25) is 0 Å². The maximum absolute atomic E-state index is 13.0. The maximum Gasteiger partial charge on any atom is 0.472 e. The topological polar surface area (TPSA) is 273 Å². The molecule has 0 radical (unpaired) electrons. The number of ether oxygens (including phenoxy) is 2. The Kier molecular flexibility index (Phi) is 34.0. The third-order valence-corrected chi connectivity index (χ3v) is 11.4. The van der Waals surface area contributed by atoms with Crippen LogP contribution in [-0.2, 0) is 46.6 Å². The van der Waals surface area contributed by atoms with Crippen molar-refractivity contribution in [3.63, 3.8) is 0 Å². The highest BCUT2D eigenvalue weighted by atomic mass is 31.2. The van der Waals surface area contributed by atoms with E-state index in [2.05, 4.69) is 73.1 Å². The van der Waals surface area contributed by atoms with Crippen LogP contribution in [0.4, 0.5) is 0 Å². The Morgan fingerprint density at radius 3 is 1.68 bits per heavy atom. The number of hydrogen-bond acceptors (Lipinski definition) is 14. The molecule has 376 valence electrons. The number of phosphoric acid groups is 2. The summed E-state index contributed by atoms with van der Waals surface area (Å²) in [5.74, 6) is -1.70. The molecule has 66 heavy (non-hydrogen) atoms. The number of allylic oxidation sites excluding steroid dienone is 14. The molecule has 0 aromatic rings. The van der Waals surface area contributed by atoms with E-state index in [9.17, 15) is 48.8 Å². The number of rotatable bonds is 37. The van der Waals surface area contributed by atoms with Crippen LogP contribution in [-0.4, -0.2) is 109 Å². The second kappa shape index (κ2) is 36.8. The van der Waals surface area contributed by atoms with Crippen molar-refractivity contribution in [1.29, 1.82) is 0 Å². The summed E-state index contributed by atoms with van der Waals surface area (Å²) in [5, 5.41) is 41.2. The van der Waals surface area contributed by atoms with Gasteiger partial charge in [0, 0.05) is 19.3 Å². The number of hydrogen-bond donors (Lipinski definition) is 7. The Balaban J connectivity index is 2.71. The number of carbonyl (C=O) groups excluding carboxylic acids is 3. The lowest BCUT2D eigenvalue weighted by molar-refractivity contribution is -0.216. The van der Waals surface area contributed by atoms with Gasteiger partial charge in [-0.2, -0.15) is 0 Å². The van der Waals surface area contributed by atoms with E-state index in [1.165, 1.54) is 25.3 Å². The number of esters is 2. The maximum atomic E-state index is 13.0. The highest BCUT2D eigenvalue weighted by Crippen LogP contribution is 2.49. The lowest BCUT2D eigenvalue weighted by Gasteiger charge is -2.43. The Bertz CT molecular complexity index is 1670. The summed E-state index contributed by atoms with van der Waals surface area (Å²) in [6, 6.07) is 0. The molecule has 5 unspecified atom stereocenters. The summed E-state index contributed by atoms with van der Waals surface area (Å²) < 4.78 is 49.1. The monoisotopic (exact) mass is 974 g/mol. The molecule has 1 aliphatic carbocycles. The molecular formula is C47H76O17P2. The predicted molar refractivity (Wildman–Crippen MR) is 250 cm³/mol. The summed E-state index contributed by atoms with van der Waals surface area (Å²) in [5.41, 5.74) is 0. The van der Waals surface area contributed by atoms with Crippen LogP contribution < -0.4 is 0 Å². The van der Waals surface area contributed by atoms with Crippen molar-refractivity contribution >= 4 is 33.4 Å². The standard InChI is InChI=1S/C47H76O17P2/c1-3-5-7-9-11-13-15-17-18-20-22-24-26-28-30-34-41(50)62-39(37-61-66(58,59)64-47-44(53)42(51)43(52)46(45(47)54)63-65(55,56)57)36-60-40(49)35-31-33-38(48)32-29-27-25-23-21-19-16-14-12-10-8-6-4-2/h5,7,11-14,17-19,21,25,27,29,32,39,42-47,51-54H,3-4,6,8-10,15-16,20,22-24,26,28,30-31,33-37H2,1-2H3,(H,58,59)(H2,55,56,57)/b7-5-,13-11-,14-12-,18-17-,21-19-,27-25-,32-29+/t39-,42?,43?,44?,45?,46-,47+/m1/s1. The molecule has 1 aliphatic rings. The summed E-state index contributed by atoms with van der Waals surface area (Å²) in [6.45, 7) is 2.72. The van der Waals surface area contributed by atoms with Crippen molar-refractivity contribution in [2.45, 2.75) is 179 Å². The second-order valence-electron chi connectivity index (χ2n) is 15.8. The Morgan fingerprint density at radius 1 is 0.545 bits per heavy atom. The molecule has 0 saturated heterocycles. The van der Waals surface area contributed by atoms with Crippen molar-refractivity contribution in [3.05, 3.63) is 85.1 Å². The smallest absolute Gasteiger partial charge is 0.462 e. The van der Waals surface area contributed by atoms with Crippen LogP contribution in [0.1, 0.15) is 136 Å². The molecule has 17 nitrogen and oxygen atoms in total. The lowest BCUT2D eigenvalue weighted by atomic mass is 9.85. The zero-order valence-corrected chi connectivity index (χ0v) is 40.4. The van der Waals surface area contributed by atoms with Gasteiger partial charge in [-0.25, -0.2) is 9.13 Å². The highest BCUT2D eigenvalue weighted by molar-refractivity contribution is 7.47. The fourth-order valence-electron chi connectivity index (χ4n) is 6.34. The molecule has 8 atom stereocenters. The lowest BCUT2D eigenvalue weighted by Crippen LogP contribution is -2.64. The number of aliphatic hydroxyl groups is 4. The van der Waals surface area contributed by atoms with Crippen LogP contribution in [0.3, 0.4) is 0 Å². The summed E-state index contributed by atoms with van der Waals surface area (Å²) in [4.78, 5) is 66.5. The molecule has 0 heterocycles. The largest absolute Gasteiger partial charge is 0.472 e. The van der Waals surface area contributed by atoms with E-state index in [1.807, 2.05) is 12.2 Å². The minimum absolute atomic E-state index is 0.0303. The quantitative estimate of drug-likeness (QED) is 0.00781. The van der Waals surface area contributed by atoms with Gasteiger partial charge in [-0.3, -0.25) is 28.0 Å². The van der Waals surface area contributed by atoms with Gasteiger partial charge in [0.1, 0.15) is 43.2 Å². The third-order valence-electron chi connectivity index (χ3n) is 9.93. The average molecular weight is 975 g/mol. The summed E-state index contributed by atoms with van der Waals surface area (Å²) >= 11 is 0. The molecule has 0 amide bonds. The number of phosphoric ester groups is 2. The van der Waals surface area contributed by atoms with Crippen LogP contribution in [0.15, 0.2) is 85.1 Å². The Hall–Kier alpha value is -3.15. The van der Waals surface area contributed by atoms with Crippen molar-refractivity contribution in [2.24, 2.45) is 0 Å². The van der Waals surface area contributed by atoms with Crippen molar-refractivity contribution in [2.75, 3.05) is 13.2 Å². The molecule has 0 aromatic carbocycles. The summed E-state index contributed by atoms with van der Waals surface area (Å²) in [7, 11) is -10.8. The zero-order chi connectivity index (χ0) is 49.1. The first-order valence-electron chi connectivity index (χ1n) is 23.1. The second-order valence-corrected chi connectivity index (χ2v) is 18.4. The average Bonchev–Trinajstić information content (AvgIpc) is 3.26. The zero-order valence-electron chi connectivity index (χ0n) is 38.6. The molecule has 1 fully saturated rings. The number of carbonyl (C=O) groups is 3. The molecule has 0 aliphatic heterocycles. The SMILES string of the molecule is CC/C=C\C/C=C\C/C=C\CCCCCCCC(=O)O[C@H](COC(=O)CCCC(=O)/C=C/C=C\C/C=C\C/C=C\CCCCC)COP(=O)(O)O[C@H]1C(O)C(O)C(O)[C@@H](OP(=O)(O)O)C1O.